The fraction of sp³-hybridized carbons (Fsp3) is 0.273. The van der Waals surface area contributed by atoms with Crippen LogP contribution in [0.3, 0.4) is 0 Å². The molecule has 3 heteroatoms. The molecule has 14 heavy (non-hydrogen) atoms. The number of nitrogens with zero attached hydrogens (tertiary/aromatic N) is 2. The van der Waals surface area contributed by atoms with Crippen LogP contribution in [0.25, 0.3) is 11.8 Å². The van der Waals surface area contributed by atoms with Crippen molar-refractivity contribution in [3.05, 3.63) is 35.9 Å². The molecule has 0 aliphatic rings. The Bertz CT molecular complexity index is 356. The Balaban J connectivity index is 3.18. The summed E-state index contributed by atoms with van der Waals surface area (Å²) in [7, 11) is 1.64. The standard InChI is InChI=1S/C11H14N2O/c1-4-6-9-7-12-8-13-11(9)10(5-2)14-3/h4-8H,1-3H3/b6-4-,10-5+. The van der Waals surface area contributed by atoms with Crippen molar-refractivity contribution in [2.75, 3.05) is 7.11 Å². The van der Waals surface area contributed by atoms with E-state index in [4.69, 9.17) is 4.74 Å². The lowest BCUT2D eigenvalue weighted by Gasteiger charge is -2.06. The minimum Gasteiger partial charge on any atom is -0.495 e. The van der Waals surface area contributed by atoms with Crippen LogP contribution in [0, 0.1) is 0 Å². The zero-order valence-electron chi connectivity index (χ0n) is 8.69. The summed E-state index contributed by atoms with van der Waals surface area (Å²) < 4.78 is 5.21. The van der Waals surface area contributed by atoms with E-state index < -0.39 is 0 Å². The lowest BCUT2D eigenvalue weighted by molar-refractivity contribution is 0.367. The molecule has 0 aliphatic heterocycles. The maximum absolute atomic E-state index is 5.21. The molecule has 0 radical (unpaired) electrons. The second-order valence-electron chi connectivity index (χ2n) is 2.68. The summed E-state index contributed by atoms with van der Waals surface area (Å²) in [5, 5.41) is 0. The Labute approximate surface area is 84.2 Å². The van der Waals surface area contributed by atoms with Gasteiger partial charge in [0.1, 0.15) is 17.8 Å². The second kappa shape index (κ2) is 5.17. The third-order valence-corrected chi connectivity index (χ3v) is 1.80. The number of hydrogen-bond acceptors (Lipinski definition) is 3. The van der Waals surface area contributed by atoms with E-state index in [-0.39, 0.29) is 0 Å². The molecule has 0 saturated carbocycles. The van der Waals surface area contributed by atoms with Crippen LogP contribution >= 0.6 is 0 Å². The zero-order valence-corrected chi connectivity index (χ0v) is 8.69. The first-order valence-electron chi connectivity index (χ1n) is 4.46. The van der Waals surface area contributed by atoms with Gasteiger partial charge in [0.2, 0.25) is 0 Å². The number of methoxy groups -OCH3 is 1. The first-order valence-corrected chi connectivity index (χ1v) is 4.46. The van der Waals surface area contributed by atoms with Crippen LogP contribution < -0.4 is 0 Å². The number of aromatic nitrogens is 2. The van der Waals surface area contributed by atoms with E-state index in [1.807, 2.05) is 32.1 Å². The van der Waals surface area contributed by atoms with Gasteiger partial charge in [0.05, 0.1) is 7.11 Å². The quantitative estimate of drug-likeness (QED) is 0.687. The van der Waals surface area contributed by atoms with Crippen LogP contribution in [0.15, 0.2) is 24.7 Å². The van der Waals surface area contributed by atoms with E-state index in [1.54, 1.807) is 13.3 Å². The highest BCUT2D eigenvalue weighted by Gasteiger charge is 2.06. The Morgan fingerprint density at radius 1 is 1.43 bits per heavy atom. The maximum Gasteiger partial charge on any atom is 0.140 e. The van der Waals surface area contributed by atoms with Gasteiger partial charge in [-0.05, 0) is 19.9 Å². The molecule has 1 heterocycles. The summed E-state index contributed by atoms with van der Waals surface area (Å²) in [6.45, 7) is 3.87. The second-order valence-corrected chi connectivity index (χ2v) is 2.68. The molecule has 0 amide bonds. The van der Waals surface area contributed by atoms with Gasteiger partial charge < -0.3 is 4.74 Å². The van der Waals surface area contributed by atoms with Gasteiger partial charge >= 0.3 is 0 Å². The Morgan fingerprint density at radius 3 is 2.79 bits per heavy atom. The Morgan fingerprint density at radius 2 is 2.21 bits per heavy atom. The van der Waals surface area contributed by atoms with Crippen molar-refractivity contribution in [2.45, 2.75) is 13.8 Å². The average molecular weight is 190 g/mol. The van der Waals surface area contributed by atoms with Gasteiger partial charge in [-0.15, -0.1) is 0 Å². The summed E-state index contributed by atoms with van der Waals surface area (Å²) in [6.07, 6.45) is 9.08. The molecule has 0 aliphatic carbocycles. The van der Waals surface area contributed by atoms with E-state index in [0.29, 0.717) is 0 Å². The Kier molecular flexibility index (Phi) is 3.85. The van der Waals surface area contributed by atoms with Crippen LogP contribution in [0.1, 0.15) is 25.1 Å². The van der Waals surface area contributed by atoms with E-state index in [9.17, 15) is 0 Å². The summed E-state index contributed by atoms with van der Waals surface area (Å²) in [4.78, 5) is 8.15. The first-order chi connectivity index (χ1) is 6.83. The predicted octanol–water partition coefficient (Wildman–Crippen LogP) is 2.52. The van der Waals surface area contributed by atoms with Gasteiger partial charge in [-0.2, -0.15) is 0 Å². The Hall–Kier alpha value is -1.64. The molecular weight excluding hydrogens is 176 g/mol. The number of rotatable bonds is 3. The predicted molar refractivity (Wildman–Crippen MR) is 57.4 cm³/mol. The van der Waals surface area contributed by atoms with Gasteiger partial charge in [-0.1, -0.05) is 12.2 Å². The van der Waals surface area contributed by atoms with Gasteiger partial charge in [0, 0.05) is 11.8 Å². The number of allylic oxidation sites excluding steroid dienone is 2. The highest BCUT2D eigenvalue weighted by Crippen LogP contribution is 2.17. The monoisotopic (exact) mass is 190 g/mol. The van der Waals surface area contributed by atoms with Crippen molar-refractivity contribution in [2.24, 2.45) is 0 Å². The fourth-order valence-electron chi connectivity index (χ4n) is 1.20. The summed E-state index contributed by atoms with van der Waals surface area (Å²) >= 11 is 0. The molecule has 74 valence electrons. The normalized spacial score (nSPS) is 12.1. The van der Waals surface area contributed by atoms with Gasteiger partial charge in [-0.3, -0.25) is 0 Å². The zero-order chi connectivity index (χ0) is 10.4. The molecule has 0 saturated heterocycles. The average Bonchev–Trinajstić information content (AvgIpc) is 2.23. The molecule has 0 fully saturated rings. The summed E-state index contributed by atoms with van der Waals surface area (Å²) in [6, 6.07) is 0. The van der Waals surface area contributed by atoms with Crippen LogP contribution in [-0.4, -0.2) is 17.1 Å². The van der Waals surface area contributed by atoms with Gasteiger partial charge in [0.15, 0.2) is 0 Å². The lowest BCUT2D eigenvalue weighted by Crippen LogP contribution is -1.96. The summed E-state index contributed by atoms with van der Waals surface area (Å²) in [5.74, 6) is 0.764. The van der Waals surface area contributed by atoms with Crippen molar-refractivity contribution in [3.63, 3.8) is 0 Å². The minimum absolute atomic E-state index is 0.764. The third-order valence-electron chi connectivity index (χ3n) is 1.80. The molecule has 0 N–H and O–H groups in total. The molecule has 1 rings (SSSR count). The van der Waals surface area contributed by atoms with Crippen molar-refractivity contribution in [1.82, 2.24) is 9.97 Å². The van der Waals surface area contributed by atoms with Crippen LogP contribution in [-0.2, 0) is 4.74 Å². The van der Waals surface area contributed by atoms with Crippen molar-refractivity contribution >= 4 is 11.8 Å². The topological polar surface area (TPSA) is 35.0 Å². The highest BCUT2D eigenvalue weighted by molar-refractivity contribution is 5.66. The molecule has 0 bridgehead atoms. The number of hydrogen-bond donors (Lipinski definition) is 0. The van der Waals surface area contributed by atoms with Crippen molar-refractivity contribution < 1.29 is 4.74 Å². The first kappa shape index (κ1) is 10.4. The van der Waals surface area contributed by atoms with E-state index in [1.165, 1.54) is 6.33 Å². The highest BCUT2D eigenvalue weighted by atomic mass is 16.5. The smallest absolute Gasteiger partial charge is 0.140 e. The van der Waals surface area contributed by atoms with Gasteiger partial charge in [-0.25, -0.2) is 9.97 Å². The largest absolute Gasteiger partial charge is 0.495 e. The van der Waals surface area contributed by atoms with E-state index in [2.05, 4.69) is 9.97 Å². The lowest BCUT2D eigenvalue weighted by atomic mass is 10.2. The van der Waals surface area contributed by atoms with Crippen LogP contribution in [0.4, 0.5) is 0 Å². The summed E-state index contributed by atoms with van der Waals surface area (Å²) in [5.41, 5.74) is 1.79. The molecule has 3 nitrogen and oxygen atoms in total. The van der Waals surface area contributed by atoms with Crippen molar-refractivity contribution in [3.8, 4) is 0 Å². The van der Waals surface area contributed by atoms with Crippen molar-refractivity contribution in [1.29, 1.82) is 0 Å². The number of ether oxygens (including phenoxy) is 1. The fourth-order valence-corrected chi connectivity index (χ4v) is 1.20. The van der Waals surface area contributed by atoms with Gasteiger partial charge in [0.25, 0.3) is 0 Å². The van der Waals surface area contributed by atoms with Crippen LogP contribution in [0.2, 0.25) is 0 Å². The molecular formula is C11H14N2O. The van der Waals surface area contributed by atoms with E-state index in [0.717, 1.165) is 17.0 Å². The molecule has 0 spiro atoms. The molecule has 0 unspecified atom stereocenters. The molecule has 1 aromatic rings. The molecule has 1 aromatic heterocycles. The SMILES string of the molecule is C/C=C\c1cncnc1/C(=C\C)OC. The molecule has 0 aromatic carbocycles. The minimum atomic E-state index is 0.764. The molecule has 0 atom stereocenters. The van der Waals surface area contributed by atoms with Crippen LogP contribution in [0.5, 0.6) is 0 Å². The van der Waals surface area contributed by atoms with E-state index >= 15 is 0 Å². The maximum atomic E-state index is 5.21. The third kappa shape index (κ3) is 2.19.